The summed E-state index contributed by atoms with van der Waals surface area (Å²) in [4.78, 5) is 28.4. The number of hydrogen-bond acceptors (Lipinski definition) is 6. The van der Waals surface area contributed by atoms with Crippen LogP contribution in [0.15, 0.2) is 43.0 Å². The van der Waals surface area contributed by atoms with E-state index in [1.807, 2.05) is 18.2 Å². The van der Waals surface area contributed by atoms with Crippen molar-refractivity contribution in [2.24, 2.45) is 24.8 Å². The lowest BCUT2D eigenvalue weighted by Crippen LogP contribution is -2.34. The molecule has 2 fully saturated rings. The Morgan fingerprint density at radius 2 is 2.03 bits per heavy atom. The molecule has 9 nitrogen and oxygen atoms in total. The molecule has 0 spiro atoms. The van der Waals surface area contributed by atoms with Gasteiger partial charge < -0.3 is 14.9 Å². The topological polar surface area (TPSA) is 100 Å². The maximum atomic E-state index is 13.6. The fourth-order valence-electron chi connectivity index (χ4n) is 5.23. The average Bonchev–Trinajstić information content (AvgIpc) is 3.48. The van der Waals surface area contributed by atoms with E-state index in [0.717, 1.165) is 31.7 Å². The van der Waals surface area contributed by atoms with Crippen molar-refractivity contribution in [2.75, 3.05) is 24.5 Å². The van der Waals surface area contributed by atoms with Crippen molar-refractivity contribution >= 4 is 11.9 Å². The van der Waals surface area contributed by atoms with Crippen LogP contribution >= 0.6 is 0 Å². The van der Waals surface area contributed by atoms with E-state index in [9.17, 15) is 14.3 Å². The summed E-state index contributed by atoms with van der Waals surface area (Å²) in [6, 6.07) is 7.24. The highest BCUT2D eigenvalue weighted by atomic mass is 19.1. The monoisotopic (exact) mass is 451 g/mol. The summed E-state index contributed by atoms with van der Waals surface area (Å²) in [6.45, 7) is 2.55. The first-order chi connectivity index (χ1) is 16.0. The molecule has 3 atom stereocenters. The lowest BCUT2D eigenvalue weighted by Gasteiger charge is -2.24. The fraction of sp³-hybridized carbons (Fsp3) is 0.435. The zero-order chi connectivity index (χ0) is 22.9. The summed E-state index contributed by atoms with van der Waals surface area (Å²) in [5, 5.41) is 13.7. The normalized spacial score (nSPS) is 21.9. The number of rotatable bonds is 6. The minimum Gasteiger partial charge on any atom is -0.465 e. The number of amides is 1. The van der Waals surface area contributed by atoms with Crippen LogP contribution in [0.3, 0.4) is 0 Å². The Labute approximate surface area is 190 Å². The van der Waals surface area contributed by atoms with Gasteiger partial charge in [0.2, 0.25) is 0 Å². The Morgan fingerprint density at radius 3 is 2.70 bits per heavy atom. The number of fused-ring (bicyclic) bond motifs is 1. The molecule has 0 radical (unpaired) electrons. The van der Waals surface area contributed by atoms with Crippen LogP contribution < -0.4 is 4.90 Å². The standard InChI is InChI=1S/C23H26FN7O2/c1-29-22(26-14-27-29)13-31(23(32)33)10-15-5-17-11-30(12-18(17)6-15)21-4-2-3-20(28-21)16-7-19(24)9-25-8-16/h2-4,7-9,14-15,17-18H,5-6,10-13H2,1H3,(H,32,33)/t15-,17-,18+. The largest absolute Gasteiger partial charge is 0.465 e. The zero-order valence-electron chi connectivity index (χ0n) is 18.4. The van der Waals surface area contributed by atoms with Crippen molar-refractivity contribution in [3.05, 3.63) is 54.6 Å². The summed E-state index contributed by atoms with van der Waals surface area (Å²) in [6.07, 6.45) is 5.31. The van der Waals surface area contributed by atoms with Gasteiger partial charge in [-0.2, -0.15) is 5.10 Å². The van der Waals surface area contributed by atoms with Crippen LogP contribution in [0.4, 0.5) is 15.0 Å². The summed E-state index contributed by atoms with van der Waals surface area (Å²) in [7, 11) is 1.77. The van der Waals surface area contributed by atoms with Crippen LogP contribution in [0.1, 0.15) is 18.7 Å². The Kier molecular flexibility index (Phi) is 5.65. The van der Waals surface area contributed by atoms with E-state index >= 15 is 0 Å². The van der Waals surface area contributed by atoms with Crippen LogP contribution in [0.2, 0.25) is 0 Å². The molecule has 2 aliphatic rings. The van der Waals surface area contributed by atoms with Gasteiger partial charge in [-0.1, -0.05) is 6.07 Å². The van der Waals surface area contributed by atoms with Crippen LogP contribution in [0, 0.1) is 23.6 Å². The van der Waals surface area contributed by atoms with E-state index < -0.39 is 6.09 Å². The number of nitrogens with zero attached hydrogens (tertiary/aromatic N) is 7. The van der Waals surface area contributed by atoms with Crippen molar-refractivity contribution < 1.29 is 14.3 Å². The van der Waals surface area contributed by atoms with Gasteiger partial charge in [0.25, 0.3) is 0 Å². The molecule has 1 amide bonds. The van der Waals surface area contributed by atoms with Gasteiger partial charge in [0.15, 0.2) is 0 Å². The van der Waals surface area contributed by atoms with Crippen LogP contribution in [0.25, 0.3) is 11.3 Å². The molecule has 3 aromatic rings. The van der Waals surface area contributed by atoms with Gasteiger partial charge in [0, 0.05) is 38.4 Å². The quantitative estimate of drug-likeness (QED) is 0.615. The number of anilines is 1. The molecule has 172 valence electrons. The second kappa shape index (κ2) is 8.76. The molecule has 0 bridgehead atoms. The van der Waals surface area contributed by atoms with E-state index in [2.05, 4.69) is 20.0 Å². The maximum Gasteiger partial charge on any atom is 0.407 e. The molecule has 4 heterocycles. The highest BCUT2D eigenvalue weighted by Crippen LogP contribution is 2.43. The molecular formula is C23H26FN7O2. The van der Waals surface area contributed by atoms with Gasteiger partial charge in [-0.3, -0.25) is 9.67 Å². The van der Waals surface area contributed by atoms with E-state index in [-0.39, 0.29) is 12.4 Å². The predicted octanol–water partition coefficient (Wildman–Crippen LogP) is 3.05. The lowest BCUT2D eigenvalue weighted by atomic mass is 10.0. The van der Waals surface area contributed by atoms with Gasteiger partial charge in [-0.05, 0) is 48.8 Å². The molecule has 1 N–H and O–H groups in total. The van der Waals surface area contributed by atoms with Gasteiger partial charge in [-0.25, -0.2) is 19.2 Å². The summed E-state index contributed by atoms with van der Waals surface area (Å²) in [5.74, 6) is 2.52. The number of hydrogen-bond donors (Lipinski definition) is 1. The molecule has 1 aliphatic carbocycles. The van der Waals surface area contributed by atoms with E-state index in [4.69, 9.17) is 4.98 Å². The molecule has 1 saturated heterocycles. The Morgan fingerprint density at radius 1 is 1.24 bits per heavy atom. The SMILES string of the molecule is Cn1ncnc1CN(C[C@@H]1C[C@@H]2CN(c3cccc(-c4cncc(F)c4)n3)C[C@@H]2C1)C(=O)O. The second-order valence-corrected chi connectivity index (χ2v) is 9.00. The minimum absolute atomic E-state index is 0.245. The molecule has 3 aromatic heterocycles. The second-order valence-electron chi connectivity index (χ2n) is 9.00. The van der Waals surface area contributed by atoms with Gasteiger partial charge >= 0.3 is 6.09 Å². The van der Waals surface area contributed by atoms with Crippen LogP contribution in [-0.4, -0.2) is 60.5 Å². The molecule has 0 aromatic carbocycles. The van der Waals surface area contributed by atoms with Gasteiger partial charge in [-0.15, -0.1) is 0 Å². The summed E-state index contributed by atoms with van der Waals surface area (Å²) in [5.41, 5.74) is 1.36. The molecule has 10 heteroatoms. The van der Waals surface area contributed by atoms with Gasteiger partial charge in [0.1, 0.15) is 23.8 Å². The fourth-order valence-corrected chi connectivity index (χ4v) is 5.23. The Bertz CT molecular complexity index is 1140. The number of carbonyl (C=O) groups is 1. The molecule has 0 unspecified atom stereocenters. The third-order valence-electron chi connectivity index (χ3n) is 6.79. The van der Waals surface area contributed by atoms with E-state index in [1.54, 1.807) is 17.9 Å². The van der Waals surface area contributed by atoms with Crippen molar-refractivity contribution in [3.63, 3.8) is 0 Å². The van der Waals surface area contributed by atoms with E-state index in [1.165, 1.54) is 23.5 Å². The Hall–Kier alpha value is -3.56. The number of pyridine rings is 2. The number of aromatic nitrogens is 5. The first kappa shape index (κ1) is 21.3. The van der Waals surface area contributed by atoms with Crippen molar-refractivity contribution in [2.45, 2.75) is 19.4 Å². The average molecular weight is 452 g/mol. The highest BCUT2D eigenvalue weighted by molar-refractivity contribution is 5.65. The summed E-state index contributed by atoms with van der Waals surface area (Å²) < 4.78 is 15.2. The molecule has 5 rings (SSSR count). The van der Waals surface area contributed by atoms with Crippen molar-refractivity contribution in [1.82, 2.24) is 29.6 Å². The molecule has 33 heavy (non-hydrogen) atoms. The first-order valence-corrected chi connectivity index (χ1v) is 11.1. The molecule has 1 saturated carbocycles. The first-order valence-electron chi connectivity index (χ1n) is 11.1. The van der Waals surface area contributed by atoms with Crippen molar-refractivity contribution in [3.8, 4) is 11.3 Å². The van der Waals surface area contributed by atoms with Crippen LogP contribution in [-0.2, 0) is 13.6 Å². The minimum atomic E-state index is -0.926. The number of halogens is 1. The zero-order valence-corrected chi connectivity index (χ0v) is 18.4. The predicted molar refractivity (Wildman–Crippen MR) is 119 cm³/mol. The maximum absolute atomic E-state index is 13.6. The van der Waals surface area contributed by atoms with Crippen molar-refractivity contribution in [1.29, 1.82) is 0 Å². The van der Waals surface area contributed by atoms with E-state index in [0.29, 0.717) is 41.4 Å². The van der Waals surface area contributed by atoms with Crippen LogP contribution in [0.5, 0.6) is 0 Å². The molecule has 1 aliphatic heterocycles. The Balaban J connectivity index is 1.21. The summed E-state index contributed by atoms with van der Waals surface area (Å²) >= 11 is 0. The number of aryl methyl sites for hydroxylation is 1. The third-order valence-corrected chi connectivity index (χ3v) is 6.79. The smallest absolute Gasteiger partial charge is 0.407 e. The lowest BCUT2D eigenvalue weighted by molar-refractivity contribution is 0.131. The van der Waals surface area contributed by atoms with Gasteiger partial charge in [0.05, 0.1) is 18.4 Å². The number of carboxylic acid groups (broad SMARTS) is 1. The third kappa shape index (κ3) is 4.50. The highest BCUT2D eigenvalue weighted by Gasteiger charge is 2.42. The molecular weight excluding hydrogens is 425 g/mol.